The van der Waals surface area contributed by atoms with Crippen molar-refractivity contribution in [2.75, 3.05) is 20.1 Å². The van der Waals surface area contributed by atoms with Crippen LogP contribution in [-0.4, -0.2) is 50.9 Å². The minimum absolute atomic E-state index is 0.0156. The highest BCUT2D eigenvalue weighted by atomic mass is 19.1. The van der Waals surface area contributed by atoms with E-state index < -0.39 is 11.7 Å². The van der Waals surface area contributed by atoms with Gasteiger partial charge in [0.1, 0.15) is 17.9 Å². The Bertz CT molecular complexity index is 1140. The third-order valence-electron chi connectivity index (χ3n) is 4.91. The largest absolute Gasteiger partial charge is 0.448 e. The molecular formula is C22H23FN6O2. The van der Waals surface area contributed by atoms with Gasteiger partial charge in [-0.25, -0.2) is 14.4 Å². The molecule has 0 aliphatic rings. The lowest BCUT2D eigenvalue weighted by molar-refractivity contribution is 0.0945. The maximum absolute atomic E-state index is 13.6. The van der Waals surface area contributed by atoms with Crippen molar-refractivity contribution < 1.29 is 13.6 Å². The molecule has 9 heteroatoms. The molecule has 4 rings (SSSR count). The number of pyridine rings is 1. The molecule has 0 bridgehead atoms. The Balaban J connectivity index is 1.22. The summed E-state index contributed by atoms with van der Waals surface area (Å²) in [5, 5.41) is 2.60. The molecule has 0 atom stereocenters. The van der Waals surface area contributed by atoms with Gasteiger partial charge in [0.25, 0.3) is 5.91 Å². The van der Waals surface area contributed by atoms with Crippen molar-refractivity contribution in [1.82, 2.24) is 30.2 Å². The average Bonchev–Trinajstić information content (AvgIpc) is 3.42. The van der Waals surface area contributed by atoms with Gasteiger partial charge in [-0.3, -0.25) is 9.78 Å². The van der Waals surface area contributed by atoms with Crippen molar-refractivity contribution in [2.24, 2.45) is 0 Å². The summed E-state index contributed by atoms with van der Waals surface area (Å²) in [6, 6.07) is 10.8. The summed E-state index contributed by atoms with van der Waals surface area (Å²) in [5.74, 6) is 0.532. The molecule has 0 saturated carbocycles. The van der Waals surface area contributed by atoms with Gasteiger partial charge < -0.3 is 19.6 Å². The number of carbonyl (C=O) groups is 1. The van der Waals surface area contributed by atoms with Gasteiger partial charge in [-0.2, -0.15) is 0 Å². The van der Waals surface area contributed by atoms with Gasteiger partial charge in [0.2, 0.25) is 0 Å². The van der Waals surface area contributed by atoms with Gasteiger partial charge in [0.05, 0.1) is 23.3 Å². The molecule has 8 nitrogen and oxygen atoms in total. The molecule has 0 radical (unpaired) electrons. The number of nitrogens with zero attached hydrogens (tertiary/aromatic N) is 4. The molecule has 1 aromatic carbocycles. The van der Waals surface area contributed by atoms with Gasteiger partial charge in [0, 0.05) is 32.1 Å². The summed E-state index contributed by atoms with van der Waals surface area (Å²) in [5.41, 5.74) is 2.34. The lowest BCUT2D eigenvalue weighted by atomic mass is 10.3. The first kappa shape index (κ1) is 20.7. The second kappa shape index (κ2) is 9.48. The Morgan fingerprint density at radius 2 is 2.00 bits per heavy atom. The average molecular weight is 422 g/mol. The van der Waals surface area contributed by atoms with Crippen LogP contribution in [0.25, 0.3) is 11.0 Å². The highest BCUT2D eigenvalue weighted by Crippen LogP contribution is 2.11. The van der Waals surface area contributed by atoms with Crippen LogP contribution in [0.5, 0.6) is 0 Å². The summed E-state index contributed by atoms with van der Waals surface area (Å²) in [7, 11) is 2.01. The van der Waals surface area contributed by atoms with Crippen LogP contribution in [0.4, 0.5) is 4.39 Å². The lowest BCUT2D eigenvalue weighted by Gasteiger charge is -2.14. The third kappa shape index (κ3) is 5.32. The molecular weight excluding hydrogens is 399 g/mol. The van der Waals surface area contributed by atoms with E-state index in [0.29, 0.717) is 12.3 Å². The van der Waals surface area contributed by atoms with E-state index in [2.05, 4.69) is 30.2 Å². The van der Waals surface area contributed by atoms with Crippen molar-refractivity contribution in [3.05, 3.63) is 77.8 Å². The fourth-order valence-corrected chi connectivity index (χ4v) is 3.15. The SMILES string of the molecule is CN(CCc1nc2ccccc2[nH]1)CCc1nc(C(=O)NCc2ncccc2F)co1. The van der Waals surface area contributed by atoms with E-state index in [4.69, 9.17) is 4.42 Å². The molecule has 160 valence electrons. The van der Waals surface area contributed by atoms with E-state index in [9.17, 15) is 9.18 Å². The number of H-pyrrole nitrogens is 1. The number of rotatable bonds is 9. The van der Waals surface area contributed by atoms with Crippen LogP contribution in [0.1, 0.15) is 27.9 Å². The second-order valence-corrected chi connectivity index (χ2v) is 7.25. The highest BCUT2D eigenvalue weighted by Gasteiger charge is 2.14. The molecule has 1 amide bonds. The topological polar surface area (TPSA) is 99.9 Å². The molecule has 0 aliphatic carbocycles. The zero-order chi connectivity index (χ0) is 21.6. The van der Waals surface area contributed by atoms with E-state index >= 15 is 0 Å². The fourth-order valence-electron chi connectivity index (χ4n) is 3.15. The maximum Gasteiger partial charge on any atom is 0.273 e. The first-order chi connectivity index (χ1) is 15.1. The van der Waals surface area contributed by atoms with Crippen molar-refractivity contribution in [3.8, 4) is 0 Å². The number of aromatic nitrogens is 4. The van der Waals surface area contributed by atoms with E-state index in [1.165, 1.54) is 24.6 Å². The standard InChI is InChI=1S/C22H23FN6O2/c1-29(11-8-20-26-16-6-2-3-7-17(16)27-20)12-9-21-28-19(14-31-21)22(30)25-13-18-15(23)5-4-10-24-18/h2-7,10,14H,8-9,11-13H2,1H3,(H,25,30)(H,26,27). The van der Waals surface area contributed by atoms with Gasteiger partial charge in [-0.1, -0.05) is 12.1 Å². The molecule has 0 spiro atoms. The molecule has 2 N–H and O–H groups in total. The van der Waals surface area contributed by atoms with Gasteiger partial charge >= 0.3 is 0 Å². The normalized spacial score (nSPS) is 11.3. The number of aromatic amines is 1. The molecule has 0 unspecified atom stereocenters. The fraction of sp³-hybridized carbons (Fsp3) is 0.273. The summed E-state index contributed by atoms with van der Waals surface area (Å²) >= 11 is 0. The summed E-state index contributed by atoms with van der Waals surface area (Å²) in [6.07, 6.45) is 4.16. The number of hydrogen-bond donors (Lipinski definition) is 2. The van der Waals surface area contributed by atoms with Gasteiger partial charge in [0.15, 0.2) is 11.6 Å². The third-order valence-corrected chi connectivity index (χ3v) is 4.91. The monoisotopic (exact) mass is 422 g/mol. The predicted molar refractivity (Wildman–Crippen MR) is 113 cm³/mol. The van der Waals surface area contributed by atoms with Crippen LogP contribution in [0.2, 0.25) is 0 Å². The van der Waals surface area contributed by atoms with Crippen molar-refractivity contribution >= 4 is 16.9 Å². The number of benzene rings is 1. The maximum atomic E-state index is 13.6. The predicted octanol–water partition coefficient (Wildman–Crippen LogP) is 2.73. The minimum atomic E-state index is -0.464. The van der Waals surface area contributed by atoms with Gasteiger partial charge in [-0.05, 0) is 31.3 Å². The number of imidazole rings is 1. The number of likely N-dealkylation sites (N-methyl/N-ethyl adjacent to an activating group) is 1. The van der Waals surface area contributed by atoms with Crippen LogP contribution >= 0.6 is 0 Å². The molecule has 31 heavy (non-hydrogen) atoms. The molecule has 0 saturated heterocycles. The van der Waals surface area contributed by atoms with Crippen molar-refractivity contribution in [3.63, 3.8) is 0 Å². The summed E-state index contributed by atoms with van der Waals surface area (Å²) in [6.45, 7) is 1.53. The number of carbonyl (C=O) groups excluding carboxylic acids is 1. The van der Waals surface area contributed by atoms with Gasteiger partial charge in [-0.15, -0.1) is 0 Å². The lowest BCUT2D eigenvalue weighted by Crippen LogP contribution is -2.25. The number of fused-ring (bicyclic) bond motifs is 1. The smallest absolute Gasteiger partial charge is 0.273 e. The number of amides is 1. The summed E-state index contributed by atoms with van der Waals surface area (Å²) in [4.78, 5) is 30.4. The van der Waals surface area contributed by atoms with E-state index in [1.54, 1.807) is 0 Å². The van der Waals surface area contributed by atoms with Crippen LogP contribution < -0.4 is 5.32 Å². The molecule has 4 aromatic rings. The number of halogens is 1. The zero-order valence-corrected chi connectivity index (χ0v) is 17.1. The van der Waals surface area contributed by atoms with E-state index in [-0.39, 0.29) is 17.9 Å². The Morgan fingerprint density at radius 3 is 2.84 bits per heavy atom. The quantitative estimate of drug-likeness (QED) is 0.430. The zero-order valence-electron chi connectivity index (χ0n) is 17.1. The Hall–Kier alpha value is -3.59. The van der Waals surface area contributed by atoms with Crippen LogP contribution in [0.15, 0.2) is 53.3 Å². The highest BCUT2D eigenvalue weighted by molar-refractivity contribution is 5.91. The number of para-hydroxylation sites is 2. The molecule has 3 aromatic heterocycles. The molecule has 0 fully saturated rings. The summed E-state index contributed by atoms with van der Waals surface area (Å²) < 4.78 is 19.0. The van der Waals surface area contributed by atoms with Crippen LogP contribution in [0, 0.1) is 5.82 Å². The van der Waals surface area contributed by atoms with Crippen molar-refractivity contribution in [2.45, 2.75) is 19.4 Å². The van der Waals surface area contributed by atoms with E-state index in [1.807, 2.05) is 31.3 Å². The van der Waals surface area contributed by atoms with E-state index in [0.717, 1.165) is 36.4 Å². The minimum Gasteiger partial charge on any atom is -0.448 e. The Labute approximate surface area is 178 Å². The van der Waals surface area contributed by atoms with Crippen LogP contribution in [0.3, 0.4) is 0 Å². The molecule has 0 aliphatic heterocycles. The number of nitrogens with one attached hydrogen (secondary N) is 2. The van der Waals surface area contributed by atoms with Crippen molar-refractivity contribution in [1.29, 1.82) is 0 Å². The Morgan fingerprint density at radius 1 is 1.16 bits per heavy atom. The Kier molecular flexibility index (Phi) is 6.32. The van der Waals surface area contributed by atoms with Crippen LogP contribution in [-0.2, 0) is 19.4 Å². The first-order valence-electron chi connectivity index (χ1n) is 10.0. The number of oxazole rings is 1. The number of hydrogen-bond acceptors (Lipinski definition) is 6. The first-order valence-corrected chi connectivity index (χ1v) is 10.0. The second-order valence-electron chi connectivity index (χ2n) is 7.25. The molecule has 3 heterocycles.